The molecule has 0 bridgehead atoms. The van der Waals surface area contributed by atoms with Gasteiger partial charge in [-0.3, -0.25) is 9.69 Å². The van der Waals surface area contributed by atoms with Crippen LogP contribution in [-0.2, 0) is 20.7 Å². The Morgan fingerprint density at radius 2 is 1.83 bits per heavy atom. The van der Waals surface area contributed by atoms with Gasteiger partial charge in [0.1, 0.15) is 0 Å². The SMILES string of the molecule is O=C(Cc1ccccc1)N(CCN1CCOCC1)C[C@H]1CN(C(=O)Nc2cccc(Cl)c2)CCO1. The molecule has 9 heteroatoms. The molecule has 0 aliphatic carbocycles. The van der Waals surface area contributed by atoms with Crippen LogP contribution in [0.4, 0.5) is 10.5 Å². The number of carbonyl (C=O) groups is 2. The number of benzene rings is 2. The molecule has 2 aliphatic heterocycles. The zero-order valence-corrected chi connectivity index (χ0v) is 20.7. The number of urea groups is 1. The van der Waals surface area contributed by atoms with Crippen molar-refractivity contribution in [3.63, 3.8) is 0 Å². The average Bonchev–Trinajstić information content (AvgIpc) is 2.88. The first-order valence-corrected chi connectivity index (χ1v) is 12.5. The third-order valence-corrected chi connectivity index (χ3v) is 6.50. The maximum Gasteiger partial charge on any atom is 0.322 e. The van der Waals surface area contributed by atoms with Crippen LogP contribution in [0.1, 0.15) is 5.56 Å². The van der Waals surface area contributed by atoms with Crippen LogP contribution in [0.25, 0.3) is 0 Å². The van der Waals surface area contributed by atoms with Crippen molar-refractivity contribution in [2.24, 2.45) is 0 Å². The van der Waals surface area contributed by atoms with Crippen molar-refractivity contribution in [2.45, 2.75) is 12.5 Å². The number of rotatable bonds is 8. The van der Waals surface area contributed by atoms with Gasteiger partial charge in [-0.2, -0.15) is 0 Å². The lowest BCUT2D eigenvalue weighted by molar-refractivity contribution is -0.134. The summed E-state index contributed by atoms with van der Waals surface area (Å²) in [6.45, 7) is 6.37. The number of hydrogen-bond donors (Lipinski definition) is 1. The summed E-state index contributed by atoms with van der Waals surface area (Å²) < 4.78 is 11.4. The number of amides is 3. The number of ether oxygens (including phenoxy) is 2. The minimum Gasteiger partial charge on any atom is -0.379 e. The van der Waals surface area contributed by atoms with E-state index in [2.05, 4.69) is 10.2 Å². The van der Waals surface area contributed by atoms with Crippen LogP contribution in [0, 0.1) is 0 Å². The molecular formula is C26H33ClN4O4. The van der Waals surface area contributed by atoms with Gasteiger partial charge in [-0.1, -0.05) is 48.0 Å². The quantitative estimate of drug-likeness (QED) is 0.603. The van der Waals surface area contributed by atoms with E-state index in [9.17, 15) is 9.59 Å². The van der Waals surface area contributed by atoms with Crippen LogP contribution in [-0.4, -0.2) is 98.4 Å². The molecule has 0 spiro atoms. The molecule has 1 atom stereocenters. The van der Waals surface area contributed by atoms with Gasteiger partial charge >= 0.3 is 6.03 Å². The number of carbonyl (C=O) groups excluding carboxylic acids is 2. The van der Waals surface area contributed by atoms with E-state index in [1.807, 2.05) is 35.2 Å². The molecule has 0 aromatic heterocycles. The Bertz CT molecular complexity index is 971. The van der Waals surface area contributed by atoms with E-state index in [4.69, 9.17) is 21.1 Å². The van der Waals surface area contributed by atoms with Crippen LogP contribution in [0.2, 0.25) is 5.02 Å². The van der Waals surface area contributed by atoms with Gasteiger partial charge in [0, 0.05) is 50.0 Å². The van der Waals surface area contributed by atoms with Crippen molar-refractivity contribution in [1.29, 1.82) is 0 Å². The van der Waals surface area contributed by atoms with Gasteiger partial charge in [0.2, 0.25) is 5.91 Å². The molecular weight excluding hydrogens is 468 g/mol. The molecule has 8 nitrogen and oxygen atoms in total. The predicted octanol–water partition coefficient (Wildman–Crippen LogP) is 2.98. The van der Waals surface area contributed by atoms with Gasteiger partial charge in [-0.15, -0.1) is 0 Å². The lowest BCUT2D eigenvalue weighted by Gasteiger charge is -2.36. The molecule has 0 radical (unpaired) electrons. The summed E-state index contributed by atoms with van der Waals surface area (Å²) in [7, 11) is 0. The summed E-state index contributed by atoms with van der Waals surface area (Å²) in [4.78, 5) is 32.0. The molecule has 3 amide bonds. The van der Waals surface area contributed by atoms with Gasteiger partial charge in [-0.25, -0.2) is 4.79 Å². The summed E-state index contributed by atoms with van der Waals surface area (Å²) in [6.07, 6.45) is 0.0913. The zero-order valence-electron chi connectivity index (χ0n) is 19.9. The lowest BCUT2D eigenvalue weighted by Crippen LogP contribution is -2.52. The van der Waals surface area contributed by atoms with E-state index in [1.54, 1.807) is 29.2 Å². The Hall–Kier alpha value is -2.65. The second-order valence-corrected chi connectivity index (χ2v) is 9.27. The van der Waals surface area contributed by atoms with E-state index in [0.717, 1.165) is 38.4 Å². The number of hydrogen-bond acceptors (Lipinski definition) is 5. The maximum atomic E-state index is 13.3. The minimum absolute atomic E-state index is 0.0635. The number of halogens is 1. The van der Waals surface area contributed by atoms with Crippen LogP contribution in [0.3, 0.4) is 0 Å². The van der Waals surface area contributed by atoms with Crippen molar-refractivity contribution in [2.75, 3.05) is 71.0 Å². The maximum absolute atomic E-state index is 13.3. The zero-order chi connectivity index (χ0) is 24.5. The van der Waals surface area contributed by atoms with E-state index < -0.39 is 0 Å². The fourth-order valence-corrected chi connectivity index (χ4v) is 4.51. The van der Waals surface area contributed by atoms with Crippen LogP contribution < -0.4 is 5.32 Å². The molecule has 2 saturated heterocycles. The highest BCUT2D eigenvalue weighted by Crippen LogP contribution is 2.17. The van der Waals surface area contributed by atoms with Gasteiger partial charge in [0.25, 0.3) is 0 Å². The first kappa shape index (κ1) is 25.4. The number of morpholine rings is 2. The second-order valence-electron chi connectivity index (χ2n) is 8.84. The molecule has 2 aliphatic rings. The minimum atomic E-state index is -0.252. The molecule has 0 unspecified atom stereocenters. The molecule has 188 valence electrons. The highest BCUT2D eigenvalue weighted by Gasteiger charge is 2.28. The van der Waals surface area contributed by atoms with Crippen LogP contribution in [0.5, 0.6) is 0 Å². The van der Waals surface area contributed by atoms with E-state index in [1.165, 1.54) is 0 Å². The van der Waals surface area contributed by atoms with Gasteiger partial charge in [0.05, 0.1) is 38.9 Å². The Balaban J connectivity index is 1.36. The van der Waals surface area contributed by atoms with E-state index in [0.29, 0.717) is 49.9 Å². The predicted molar refractivity (Wildman–Crippen MR) is 136 cm³/mol. The Morgan fingerprint density at radius 1 is 1.03 bits per heavy atom. The summed E-state index contributed by atoms with van der Waals surface area (Å²) in [6, 6.07) is 16.7. The van der Waals surface area contributed by atoms with Crippen LogP contribution in [0.15, 0.2) is 54.6 Å². The van der Waals surface area contributed by atoms with Crippen molar-refractivity contribution in [3.05, 3.63) is 65.2 Å². The Kier molecular flexibility index (Phi) is 9.36. The lowest BCUT2D eigenvalue weighted by atomic mass is 10.1. The van der Waals surface area contributed by atoms with Crippen LogP contribution >= 0.6 is 11.6 Å². The Morgan fingerprint density at radius 3 is 2.60 bits per heavy atom. The van der Waals surface area contributed by atoms with Gasteiger partial charge in [0.15, 0.2) is 0 Å². The normalized spacial score (nSPS) is 18.8. The topological polar surface area (TPSA) is 74.4 Å². The molecule has 2 aromatic carbocycles. The van der Waals surface area contributed by atoms with Crippen molar-refractivity contribution < 1.29 is 19.1 Å². The number of nitrogens with one attached hydrogen (secondary N) is 1. The summed E-state index contributed by atoms with van der Waals surface area (Å²) >= 11 is 6.04. The molecule has 2 heterocycles. The first-order chi connectivity index (χ1) is 17.1. The highest BCUT2D eigenvalue weighted by molar-refractivity contribution is 6.30. The fraction of sp³-hybridized carbons (Fsp3) is 0.462. The van der Waals surface area contributed by atoms with Crippen molar-refractivity contribution >= 4 is 29.2 Å². The van der Waals surface area contributed by atoms with E-state index >= 15 is 0 Å². The summed E-state index contributed by atoms with van der Waals surface area (Å²) in [5.74, 6) is 0.0635. The molecule has 1 N–H and O–H groups in total. The smallest absolute Gasteiger partial charge is 0.322 e. The number of nitrogens with zero attached hydrogens (tertiary/aromatic N) is 3. The Labute approximate surface area is 211 Å². The average molecular weight is 501 g/mol. The highest BCUT2D eigenvalue weighted by atomic mass is 35.5. The largest absolute Gasteiger partial charge is 0.379 e. The van der Waals surface area contributed by atoms with E-state index in [-0.39, 0.29) is 18.0 Å². The van der Waals surface area contributed by atoms with Crippen molar-refractivity contribution in [1.82, 2.24) is 14.7 Å². The number of anilines is 1. The van der Waals surface area contributed by atoms with Gasteiger partial charge < -0.3 is 24.6 Å². The third kappa shape index (κ3) is 7.93. The van der Waals surface area contributed by atoms with Gasteiger partial charge in [-0.05, 0) is 23.8 Å². The molecule has 0 saturated carbocycles. The summed E-state index contributed by atoms with van der Waals surface area (Å²) in [5.41, 5.74) is 1.64. The summed E-state index contributed by atoms with van der Waals surface area (Å²) in [5, 5.41) is 3.46. The first-order valence-electron chi connectivity index (χ1n) is 12.1. The molecule has 2 aromatic rings. The second kappa shape index (κ2) is 12.9. The molecule has 35 heavy (non-hydrogen) atoms. The molecule has 2 fully saturated rings. The third-order valence-electron chi connectivity index (χ3n) is 6.27. The van der Waals surface area contributed by atoms with Crippen molar-refractivity contribution in [3.8, 4) is 0 Å². The fourth-order valence-electron chi connectivity index (χ4n) is 4.32. The monoisotopic (exact) mass is 500 g/mol. The molecule has 4 rings (SSSR count). The standard InChI is InChI=1S/C26H33ClN4O4/c27-22-7-4-8-23(18-22)28-26(33)31-13-16-35-24(20-31)19-30(10-9-29-11-14-34-15-12-29)25(32)17-21-5-2-1-3-6-21/h1-8,18,24H,9-17,19-20H2,(H,28,33)/t24-/m0/s1.